The van der Waals surface area contributed by atoms with Crippen molar-refractivity contribution >= 4 is 5.91 Å². The molecule has 0 aliphatic rings. The second kappa shape index (κ2) is 6.45. The summed E-state index contributed by atoms with van der Waals surface area (Å²) in [4.78, 5) is 15.2. The molecule has 0 aliphatic carbocycles. The molecular formula is C14H17FN4O2. The van der Waals surface area contributed by atoms with Crippen molar-refractivity contribution in [2.24, 2.45) is 0 Å². The number of halogens is 1. The van der Waals surface area contributed by atoms with Gasteiger partial charge in [0, 0.05) is 6.54 Å². The Bertz CT molecular complexity index is 615. The molecule has 0 aliphatic heterocycles. The molecule has 0 spiro atoms. The van der Waals surface area contributed by atoms with Crippen LogP contribution in [0.1, 0.15) is 24.2 Å². The lowest BCUT2D eigenvalue weighted by Crippen LogP contribution is -2.41. The number of carbonyl (C=O) groups is 1. The maximum absolute atomic E-state index is 14.1. The van der Waals surface area contributed by atoms with Crippen LogP contribution in [-0.2, 0) is 0 Å². The second-order valence-corrected chi connectivity index (χ2v) is 4.58. The van der Waals surface area contributed by atoms with Crippen molar-refractivity contribution in [2.75, 3.05) is 13.2 Å². The highest BCUT2D eigenvalue weighted by molar-refractivity contribution is 5.98. The van der Waals surface area contributed by atoms with Gasteiger partial charge in [-0.2, -0.15) is 10.2 Å². The van der Waals surface area contributed by atoms with Crippen molar-refractivity contribution in [1.29, 1.82) is 0 Å². The van der Waals surface area contributed by atoms with E-state index in [9.17, 15) is 14.3 Å². The van der Waals surface area contributed by atoms with Crippen LogP contribution >= 0.6 is 0 Å². The van der Waals surface area contributed by atoms with Gasteiger partial charge in [0.25, 0.3) is 5.91 Å². The minimum absolute atomic E-state index is 0.0103. The summed E-state index contributed by atoms with van der Waals surface area (Å²) in [6.07, 6.45) is 2.82. The minimum atomic E-state index is -0.579. The van der Waals surface area contributed by atoms with Crippen molar-refractivity contribution in [2.45, 2.75) is 19.9 Å². The first-order chi connectivity index (χ1) is 10.1. The number of hydrogen-bond donors (Lipinski definition) is 1. The third-order valence-corrected chi connectivity index (χ3v) is 3.23. The summed E-state index contributed by atoms with van der Waals surface area (Å²) in [5, 5.41) is 17.0. The highest BCUT2D eigenvalue weighted by Gasteiger charge is 2.24. The lowest BCUT2D eigenvalue weighted by Gasteiger charge is -2.27. The van der Waals surface area contributed by atoms with Gasteiger partial charge in [0.15, 0.2) is 5.82 Å². The van der Waals surface area contributed by atoms with Crippen LogP contribution < -0.4 is 0 Å². The zero-order valence-electron chi connectivity index (χ0n) is 11.9. The van der Waals surface area contributed by atoms with Gasteiger partial charge in [-0.15, -0.1) is 4.80 Å². The molecule has 0 saturated carbocycles. The molecule has 0 fully saturated rings. The summed E-state index contributed by atoms with van der Waals surface area (Å²) < 4.78 is 14.1. The van der Waals surface area contributed by atoms with Crippen LogP contribution in [0.4, 0.5) is 4.39 Å². The van der Waals surface area contributed by atoms with Crippen molar-refractivity contribution in [1.82, 2.24) is 19.9 Å². The van der Waals surface area contributed by atoms with E-state index < -0.39 is 5.82 Å². The van der Waals surface area contributed by atoms with E-state index in [0.29, 0.717) is 6.54 Å². The van der Waals surface area contributed by atoms with E-state index in [-0.39, 0.29) is 29.8 Å². The SMILES string of the molecule is CCN(C(=O)c1cccc(F)c1-n1nccn1)[C@@H](C)CO. The number of likely N-dealkylation sites (N-methyl/N-ethyl adjacent to an activating group) is 1. The molecule has 0 bridgehead atoms. The Morgan fingerprint density at radius 3 is 2.67 bits per heavy atom. The Kier molecular flexibility index (Phi) is 4.64. The van der Waals surface area contributed by atoms with Gasteiger partial charge in [-0.25, -0.2) is 4.39 Å². The maximum atomic E-state index is 14.1. The molecule has 7 heteroatoms. The number of amides is 1. The molecule has 2 rings (SSSR count). The number of aromatic nitrogens is 3. The molecule has 0 saturated heterocycles. The Labute approximate surface area is 121 Å². The summed E-state index contributed by atoms with van der Waals surface area (Å²) in [7, 11) is 0. The summed E-state index contributed by atoms with van der Waals surface area (Å²) >= 11 is 0. The number of aliphatic hydroxyl groups is 1. The quantitative estimate of drug-likeness (QED) is 0.900. The first-order valence-electron chi connectivity index (χ1n) is 6.67. The fourth-order valence-corrected chi connectivity index (χ4v) is 2.13. The topological polar surface area (TPSA) is 71.2 Å². The summed E-state index contributed by atoms with van der Waals surface area (Å²) in [5.41, 5.74) is 0.171. The van der Waals surface area contributed by atoms with Crippen LogP contribution in [0.3, 0.4) is 0 Å². The fourth-order valence-electron chi connectivity index (χ4n) is 2.13. The fraction of sp³-hybridized carbons (Fsp3) is 0.357. The normalized spacial score (nSPS) is 12.2. The standard InChI is InChI=1S/C14H17FN4O2/c1-3-18(10(2)9-20)14(21)11-5-4-6-12(15)13(11)19-16-7-8-17-19/h4-8,10,20H,3,9H2,1-2H3/t10-/m0/s1. The monoisotopic (exact) mass is 292 g/mol. The van der Waals surface area contributed by atoms with Crippen molar-refractivity contribution in [3.8, 4) is 5.69 Å². The molecule has 1 N–H and O–H groups in total. The molecule has 0 radical (unpaired) electrons. The Morgan fingerprint density at radius 2 is 2.10 bits per heavy atom. The highest BCUT2D eigenvalue weighted by atomic mass is 19.1. The number of rotatable bonds is 5. The van der Waals surface area contributed by atoms with Crippen LogP contribution in [0.5, 0.6) is 0 Å². The molecule has 6 nitrogen and oxygen atoms in total. The molecule has 2 aromatic rings. The molecule has 21 heavy (non-hydrogen) atoms. The van der Waals surface area contributed by atoms with Crippen LogP contribution in [-0.4, -0.2) is 50.1 Å². The molecule has 1 aromatic heterocycles. The smallest absolute Gasteiger partial charge is 0.256 e. The van der Waals surface area contributed by atoms with E-state index in [1.165, 1.54) is 35.5 Å². The largest absolute Gasteiger partial charge is 0.394 e. The number of para-hydroxylation sites is 1. The van der Waals surface area contributed by atoms with E-state index in [1.54, 1.807) is 13.8 Å². The lowest BCUT2D eigenvalue weighted by molar-refractivity contribution is 0.0632. The molecule has 112 valence electrons. The van der Waals surface area contributed by atoms with Gasteiger partial charge in [-0.1, -0.05) is 6.07 Å². The number of aliphatic hydroxyl groups excluding tert-OH is 1. The van der Waals surface area contributed by atoms with Gasteiger partial charge in [0.2, 0.25) is 0 Å². The molecular weight excluding hydrogens is 275 g/mol. The highest BCUT2D eigenvalue weighted by Crippen LogP contribution is 2.20. The van der Waals surface area contributed by atoms with Crippen molar-refractivity contribution in [3.05, 3.63) is 42.0 Å². The van der Waals surface area contributed by atoms with Crippen LogP contribution in [0, 0.1) is 5.82 Å². The maximum Gasteiger partial charge on any atom is 0.256 e. The molecule has 0 unspecified atom stereocenters. The minimum Gasteiger partial charge on any atom is -0.394 e. The summed E-state index contributed by atoms with van der Waals surface area (Å²) in [6, 6.07) is 3.88. The van der Waals surface area contributed by atoms with Gasteiger partial charge in [0.05, 0.1) is 30.6 Å². The predicted molar refractivity (Wildman–Crippen MR) is 74.6 cm³/mol. The van der Waals surface area contributed by atoms with Crippen molar-refractivity contribution in [3.63, 3.8) is 0 Å². The van der Waals surface area contributed by atoms with E-state index in [0.717, 1.165) is 4.80 Å². The zero-order chi connectivity index (χ0) is 15.4. The Hall–Kier alpha value is -2.28. The number of carbonyl (C=O) groups excluding carboxylic acids is 1. The Balaban J connectivity index is 2.49. The molecule has 1 aromatic carbocycles. The van der Waals surface area contributed by atoms with Crippen LogP contribution in [0.2, 0.25) is 0 Å². The van der Waals surface area contributed by atoms with Gasteiger partial charge in [0.1, 0.15) is 5.69 Å². The number of benzene rings is 1. The summed E-state index contributed by atoms with van der Waals surface area (Å²) in [5.74, 6) is -0.949. The van der Waals surface area contributed by atoms with Gasteiger partial charge in [-0.3, -0.25) is 4.79 Å². The third-order valence-electron chi connectivity index (χ3n) is 3.23. The average Bonchev–Trinajstić information content (AvgIpc) is 3.01. The Morgan fingerprint density at radius 1 is 1.43 bits per heavy atom. The third kappa shape index (κ3) is 2.92. The second-order valence-electron chi connectivity index (χ2n) is 4.58. The lowest BCUT2D eigenvalue weighted by atomic mass is 10.1. The van der Waals surface area contributed by atoms with E-state index >= 15 is 0 Å². The van der Waals surface area contributed by atoms with E-state index in [2.05, 4.69) is 10.2 Å². The van der Waals surface area contributed by atoms with Gasteiger partial charge in [-0.05, 0) is 26.0 Å². The molecule has 1 atom stereocenters. The van der Waals surface area contributed by atoms with Crippen LogP contribution in [0.15, 0.2) is 30.6 Å². The number of hydrogen-bond acceptors (Lipinski definition) is 4. The molecule has 1 heterocycles. The number of nitrogens with zero attached hydrogens (tertiary/aromatic N) is 4. The summed E-state index contributed by atoms with van der Waals surface area (Å²) in [6.45, 7) is 3.77. The predicted octanol–water partition coefficient (Wildman–Crippen LogP) is 1.25. The van der Waals surface area contributed by atoms with E-state index in [4.69, 9.17) is 0 Å². The van der Waals surface area contributed by atoms with Crippen molar-refractivity contribution < 1.29 is 14.3 Å². The van der Waals surface area contributed by atoms with Crippen LogP contribution in [0.25, 0.3) is 5.69 Å². The van der Waals surface area contributed by atoms with Gasteiger partial charge >= 0.3 is 0 Å². The van der Waals surface area contributed by atoms with Gasteiger partial charge < -0.3 is 10.0 Å². The molecule has 1 amide bonds. The van der Waals surface area contributed by atoms with E-state index in [1.807, 2.05) is 0 Å². The first kappa shape index (κ1) is 15.1. The zero-order valence-corrected chi connectivity index (χ0v) is 11.9. The first-order valence-corrected chi connectivity index (χ1v) is 6.67. The average molecular weight is 292 g/mol.